The Morgan fingerprint density at radius 3 is 1.24 bits per heavy atom. The van der Waals surface area contributed by atoms with E-state index in [-0.39, 0.29) is 18.6 Å². The summed E-state index contributed by atoms with van der Waals surface area (Å²) in [6.45, 7) is 5.95. The normalized spacial score (nSPS) is 11.1. The summed E-state index contributed by atoms with van der Waals surface area (Å²) in [6.07, 6.45) is 17.3. The second-order valence-electron chi connectivity index (χ2n) is 7.87. The van der Waals surface area contributed by atoms with Gasteiger partial charge < -0.3 is 15.3 Å². The van der Waals surface area contributed by atoms with E-state index in [0.29, 0.717) is 6.42 Å². The zero-order valence-corrected chi connectivity index (χ0v) is 17.1. The third-order valence-corrected chi connectivity index (χ3v) is 4.35. The third-order valence-electron chi connectivity index (χ3n) is 4.35. The molecule has 4 heteroatoms. The van der Waals surface area contributed by atoms with Crippen LogP contribution in [0.5, 0.6) is 0 Å². The first-order valence-corrected chi connectivity index (χ1v) is 10.3. The van der Waals surface area contributed by atoms with E-state index in [1.807, 2.05) is 0 Å². The van der Waals surface area contributed by atoms with E-state index in [4.69, 9.17) is 15.3 Å². The Hall–Kier alpha value is -0.610. The number of carboxylic acids is 1. The molecule has 0 atom stereocenters. The van der Waals surface area contributed by atoms with Crippen molar-refractivity contribution in [2.24, 2.45) is 5.41 Å². The van der Waals surface area contributed by atoms with Crippen molar-refractivity contribution in [3.05, 3.63) is 0 Å². The van der Waals surface area contributed by atoms with Crippen molar-refractivity contribution in [1.82, 2.24) is 0 Å². The predicted molar refractivity (Wildman–Crippen MR) is 106 cm³/mol. The van der Waals surface area contributed by atoms with Crippen LogP contribution in [0.2, 0.25) is 0 Å². The number of unbranched alkanes of at least 4 members (excludes halogenated alkanes) is 12. The van der Waals surface area contributed by atoms with Gasteiger partial charge in [-0.05, 0) is 6.42 Å². The second-order valence-corrected chi connectivity index (χ2v) is 7.87. The Balaban J connectivity index is 0. The van der Waals surface area contributed by atoms with E-state index in [1.165, 1.54) is 70.6 Å². The molecule has 3 N–H and O–H groups in total. The average Bonchev–Trinajstić information content (AvgIpc) is 2.59. The summed E-state index contributed by atoms with van der Waals surface area (Å²) >= 11 is 0. The number of hydrogen-bond donors (Lipinski definition) is 3. The lowest BCUT2D eigenvalue weighted by atomic mass is 9.97. The van der Waals surface area contributed by atoms with Gasteiger partial charge in [-0.2, -0.15) is 0 Å². The van der Waals surface area contributed by atoms with Gasteiger partial charge >= 0.3 is 5.97 Å². The molecule has 0 spiro atoms. The van der Waals surface area contributed by atoms with Crippen molar-refractivity contribution in [3.63, 3.8) is 0 Å². The molecule has 0 aromatic carbocycles. The Bertz CT molecular complexity index is 271. The summed E-state index contributed by atoms with van der Waals surface area (Å²) in [5.74, 6) is -0.655. The van der Waals surface area contributed by atoms with Crippen molar-refractivity contribution in [1.29, 1.82) is 0 Å². The van der Waals surface area contributed by atoms with Crippen molar-refractivity contribution in [2.45, 2.75) is 111 Å². The fourth-order valence-corrected chi connectivity index (χ4v) is 2.34. The number of aliphatic hydroxyl groups excluding tert-OH is 2. The number of carbonyl (C=O) groups is 1. The van der Waals surface area contributed by atoms with Gasteiger partial charge in [0.2, 0.25) is 0 Å². The maximum atomic E-state index is 10.3. The zero-order valence-electron chi connectivity index (χ0n) is 17.1. The van der Waals surface area contributed by atoms with E-state index in [2.05, 4.69) is 6.92 Å². The molecule has 0 bridgehead atoms. The maximum absolute atomic E-state index is 10.3. The smallest absolute Gasteiger partial charge is 0.303 e. The molecule has 0 rings (SSSR count). The highest BCUT2D eigenvalue weighted by atomic mass is 16.4. The van der Waals surface area contributed by atoms with Crippen LogP contribution >= 0.6 is 0 Å². The summed E-state index contributed by atoms with van der Waals surface area (Å²) in [4.78, 5) is 10.3. The van der Waals surface area contributed by atoms with Crippen molar-refractivity contribution < 1.29 is 20.1 Å². The summed E-state index contributed by atoms with van der Waals surface area (Å²) in [5, 5.41) is 25.4. The minimum atomic E-state index is -0.655. The highest BCUT2D eigenvalue weighted by molar-refractivity contribution is 5.66. The van der Waals surface area contributed by atoms with Crippen molar-refractivity contribution >= 4 is 5.97 Å². The minimum absolute atomic E-state index is 0.0451. The van der Waals surface area contributed by atoms with Gasteiger partial charge in [-0.25, -0.2) is 0 Å². The molecular formula is C21H44O4. The lowest BCUT2D eigenvalue weighted by molar-refractivity contribution is -0.137. The monoisotopic (exact) mass is 360 g/mol. The quantitative estimate of drug-likeness (QED) is 0.315. The minimum Gasteiger partial charge on any atom is -0.481 e. The molecule has 0 fully saturated rings. The number of carboxylic acid groups (broad SMARTS) is 1. The van der Waals surface area contributed by atoms with Gasteiger partial charge in [-0.3, -0.25) is 4.79 Å². The van der Waals surface area contributed by atoms with Crippen LogP contribution in [-0.2, 0) is 4.79 Å². The Kier molecular flexibility index (Phi) is 21.0. The van der Waals surface area contributed by atoms with Crippen LogP contribution in [0.3, 0.4) is 0 Å². The van der Waals surface area contributed by atoms with Crippen LogP contribution in [0.4, 0.5) is 0 Å². The third kappa shape index (κ3) is 25.7. The van der Waals surface area contributed by atoms with Gasteiger partial charge in [0.1, 0.15) is 0 Å². The summed E-state index contributed by atoms with van der Waals surface area (Å²) in [7, 11) is 0. The van der Waals surface area contributed by atoms with Gasteiger partial charge in [-0.15, -0.1) is 0 Å². The molecule has 0 saturated carbocycles. The van der Waals surface area contributed by atoms with Crippen molar-refractivity contribution in [3.8, 4) is 0 Å². The molecule has 0 aromatic rings. The average molecular weight is 361 g/mol. The number of aliphatic hydroxyl groups is 2. The van der Waals surface area contributed by atoms with Crippen LogP contribution < -0.4 is 0 Å². The van der Waals surface area contributed by atoms with Crippen LogP contribution in [-0.4, -0.2) is 34.5 Å². The fraction of sp³-hybridized carbons (Fsp3) is 0.952. The molecule has 0 radical (unpaired) electrons. The van der Waals surface area contributed by atoms with E-state index in [1.54, 1.807) is 13.8 Å². The molecule has 0 aliphatic heterocycles. The van der Waals surface area contributed by atoms with E-state index in [9.17, 15) is 4.79 Å². The Morgan fingerprint density at radius 2 is 1.00 bits per heavy atom. The predicted octanol–water partition coefficient (Wildman–Crippen LogP) is 5.55. The fourth-order valence-electron chi connectivity index (χ4n) is 2.34. The highest BCUT2D eigenvalue weighted by Gasteiger charge is 2.13. The Morgan fingerprint density at radius 1 is 0.680 bits per heavy atom. The highest BCUT2D eigenvalue weighted by Crippen LogP contribution is 2.13. The molecule has 0 unspecified atom stereocenters. The standard InChI is InChI=1S/C16H32O2.C5H12O2/c1-2-3-4-5-6-7-8-9-10-11-12-13-14-15-16(17)18;1-5(2,3-6)4-7/h2-15H2,1H3,(H,17,18);6-7H,3-4H2,1-2H3. The number of hydrogen-bond acceptors (Lipinski definition) is 3. The van der Waals surface area contributed by atoms with Crippen LogP contribution in [0, 0.1) is 5.41 Å². The van der Waals surface area contributed by atoms with Crippen molar-refractivity contribution in [2.75, 3.05) is 13.2 Å². The molecule has 0 aromatic heterocycles. The van der Waals surface area contributed by atoms with Gasteiger partial charge in [0.25, 0.3) is 0 Å². The van der Waals surface area contributed by atoms with E-state index >= 15 is 0 Å². The SMILES string of the molecule is CC(C)(CO)CO.CCCCCCCCCCCCCCCC(=O)O. The van der Waals surface area contributed by atoms with Crippen LogP contribution in [0.15, 0.2) is 0 Å². The first-order chi connectivity index (χ1) is 11.9. The van der Waals surface area contributed by atoms with Gasteiger partial charge in [-0.1, -0.05) is 97.8 Å². The summed E-state index contributed by atoms with van der Waals surface area (Å²) < 4.78 is 0. The second kappa shape index (κ2) is 19.7. The largest absolute Gasteiger partial charge is 0.481 e. The van der Waals surface area contributed by atoms with E-state index < -0.39 is 5.97 Å². The van der Waals surface area contributed by atoms with Crippen LogP contribution in [0.25, 0.3) is 0 Å². The topological polar surface area (TPSA) is 77.8 Å². The van der Waals surface area contributed by atoms with Gasteiger partial charge in [0.15, 0.2) is 0 Å². The maximum Gasteiger partial charge on any atom is 0.303 e. The van der Waals surface area contributed by atoms with Gasteiger partial charge in [0, 0.05) is 11.8 Å². The van der Waals surface area contributed by atoms with E-state index in [0.717, 1.165) is 12.8 Å². The molecule has 25 heavy (non-hydrogen) atoms. The molecular weight excluding hydrogens is 316 g/mol. The number of aliphatic carboxylic acids is 1. The summed E-state index contributed by atoms with van der Waals surface area (Å²) in [5.41, 5.74) is -0.306. The Labute approximate surface area is 156 Å². The molecule has 0 aliphatic rings. The molecule has 0 amide bonds. The summed E-state index contributed by atoms with van der Waals surface area (Å²) in [6, 6.07) is 0. The van der Waals surface area contributed by atoms with Crippen LogP contribution in [0.1, 0.15) is 111 Å². The lowest BCUT2D eigenvalue weighted by Crippen LogP contribution is -2.20. The molecule has 0 saturated heterocycles. The molecule has 0 aliphatic carbocycles. The lowest BCUT2D eigenvalue weighted by Gasteiger charge is -2.16. The first-order valence-electron chi connectivity index (χ1n) is 10.3. The molecule has 0 heterocycles. The molecule has 152 valence electrons. The number of rotatable bonds is 16. The van der Waals surface area contributed by atoms with Gasteiger partial charge in [0.05, 0.1) is 13.2 Å². The first kappa shape index (κ1) is 26.6. The molecule has 4 nitrogen and oxygen atoms in total. The zero-order chi connectivity index (χ0) is 19.4.